The van der Waals surface area contributed by atoms with E-state index in [1.165, 1.54) is 11.3 Å². The number of nitrogens with zero attached hydrogens (tertiary/aromatic N) is 1. The average molecular weight is 303 g/mol. The van der Waals surface area contributed by atoms with Gasteiger partial charge < -0.3 is 10.0 Å². The quantitative estimate of drug-likeness (QED) is 0.945. The van der Waals surface area contributed by atoms with E-state index in [1.54, 1.807) is 4.90 Å². The maximum Gasteiger partial charge on any atom is 0.329 e. The van der Waals surface area contributed by atoms with E-state index in [1.807, 2.05) is 36.6 Å². The molecule has 3 rings (SSSR count). The van der Waals surface area contributed by atoms with Gasteiger partial charge in [0.1, 0.15) is 5.54 Å². The number of likely N-dealkylation sites (tertiary alicyclic amines) is 1. The first-order valence-corrected chi connectivity index (χ1v) is 8.00. The number of carbonyl (C=O) groups excluding carboxylic acids is 1. The van der Waals surface area contributed by atoms with Crippen LogP contribution in [0.25, 0.3) is 10.1 Å². The zero-order chi connectivity index (χ0) is 15.0. The first kappa shape index (κ1) is 14.1. The van der Waals surface area contributed by atoms with Crippen molar-refractivity contribution in [3.8, 4) is 0 Å². The molecule has 110 valence electrons. The van der Waals surface area contributed by atoms with Crippen molar-refractivity contribution in [3.63, 3.8) is 0 Å². The van der Waals surface area contributed by atoms with Gasteiger partial charge in [-0.2, -0.15) is 0 Å². The molecule has 2 heterocycles. The number of fused-ring (bicyclic) bond motifs is 1. The molecule has 0 saturated carbocycles. The minimum Gasteiger partial charge on any atom is -0.479 e. The molecular weight excluding hydrogens is 286 g/mol. The molecule has 2 aromatic rings. The molecule has 1 N–H and O–H groups in total. The van der Waals surface area contributed by atoms with Crippen molar-refractivity contribution in [3.05, 3.63) is 35.2 Å². The molecule has 1 aliphatic heterocycles. The lowest BCUT2D eigenvalue weighted by Gasteiger charge is -2.33. The van der Waals surface area contributed by atoms with Gasteiger partial charge in [0.05, 0.1) is 5.56 Å². The Morgan fingerprint density at radius 1 is 1.38 bits per heavy atom. The summed E-state index contributed by atoms with van der Waals surface area (Å²) in [7, 11) is 0. The number of benzene rings is 1. The number of carboxylic acid groups (broad SMARTS) is 1. The van der Waals surface area contributed by atoms with Gasteiger partial charge in [0.2, 0.25) is 0 Å². The van der Waals surface area contributed by atoms with Crippen LogP contribution >= 0.6 is 11.3 Å². The van der Waals surface area contributed by atoms with E-state index < -0.39 is 11.5 Å². The Morgan fingerprint density at radius 2 is 2.14 bits per heavy atom. The van der Waals surface area contributed by atoms with Crippen LogP contribution in [0.15, 0.2) is 29.6 Å². The maximum absolute atomic E-state index is 12.9. The van der Waals surface area contributed by atoms with Crippen LogP contribution in [0, 0.1) is 0 Å². The lowest BCUT2D eigenvalue weighted by Crippen LogP contribution is -2.52. The number of hydrogen-bond acceptors (Lipinski definition) is 3. The van der Waals surface area contributed by atoms with E-state index in [-0.39, 0.29) is 5.91 Å². The Hall–Kier alpha value is -1.88. The molecule has 21 heavy (non-hydrogen) atoms. The first-order valence-electron chi connectivity index (χ1n) is 7.12. The van der Waals surface area contributed by atoms with Crippen LogP contribution in [-0.4, -0.2) is 34.0 Å². The molecule has 1 saturated heterocycles. The number of rotatable bonds is 3. The molecule has 1 aromatic heterocycles. The largest absolute Gasteiger partial charge is 0.479 e. The minimum absolute atomic E-state index is 0.158. The fourth-order valence-electron chi connectivity index (χ4n) is 3.20. The maximum atomic E-state index is 12.9. The number of aliphatic carboxylic acids is 1. The third-order valence-electron chi connectivity index (χ3n) is 4.43. The number of thiophene rings is 1. The van der Waals surface area contributed by atoms with Gasteiger partial charge in [0.25, 0.3) is 5.91 Å². The summed E-state index contributed by atoms with van der Waals surface area (Å²) < 4.78 is 1.05. The molecule has 4 nitrogen and oxygen atoms in total. The van der Waals surface area contributed by atoms with Crippen LogP contribution in [0.5, 0.6) is 0 Å². The highest BCUT2D eigenvalue weighted by Crippen LogP contribution is 2.36. The van der Waals surface area contributed by atoms with Crippen LogP contribution in [0.3, 0.4) is 0 Å². The molecule has 1 amide bonds. The van der Waals surface area contributed by atoms with Crippen molar-refractivity contribution in [2.45, 2.75) is 31.7 Å². The van der Waals surface area contributed by atoms with Crippen LogP contribution in [0.1, 0.15) is 36.5 Å². The van der Waals surface area contributed by atoms with E-state index in [0.29, 0.717) is 24.9 Å². The minimum atomic E-state index is -1.04. The number of amides is 1. The van der Waals surface area contributed by atoms with Gasteiger partial charge in [0, 0.05) is 22.0 Å². The fraction of sp³-hybridized carbons (Fsp3) is 0.375. The molecule has 1 aliphatic rings. The monoisotopic (exact) mass is 303 g/mol. The van der Waals surface area contributed by atoms with Crippen molar-refractivity contribution in [1.82, 2.24) is 4.90 Å². The van der Waals surface area contributed by atoms with E-state index in [2.05, 4.69) is 0 Å². The Balaban J connectivity index is 2.03. The Kier molecular flexibility index (Phi) is 3.45. The Labute approximate surface area is 127 Å². The fourth-order valence-corrected chi connectivity index (χ4v) is 4.14. The van der Waals surface area contributed by atoms with E-state index in [9.17, 15) is 14.7 Å². The van der Waals surface area contributed by atoms with Gasteiger partial charge >= 0.3 is 5.97 Å². The van der Waals surface area contributed by atoms with Gasteiger partial charge in [-0.1, -0.05) is 25.1 Å². The van der Waals surface area contributed by atoms with E-state index in [0.717, 1.165) is 16.5 Å². The summed E-state index contributed by atoms with van der Waals surface area (Å²) in [5, 5.41) is 12.4. The van der Waals surface area contributed by atoms with E-state index in [4.69, 9.17) is 0 Å². The highest BCUT2D eigenvalue weighted by molar-refractivity contribution is 7.17. The smallest absolute Gasteiger partial charge is 0.329 e. The van der Waals surface area contributed by atoms with Crippen LogP contribution < -0.4 is 0 Å². The van der Waals surface area contributed by atoms with Gasteiger partial charge in [0.15, 0.2) is 0 Å². The van der Waals surface area contributed by atoms with Gasteiger partial charge in [-0.3, -0.25) is 4.79 Å². The number of carbonyl (C=O) groups is 2. The molecule has 0 bridgehead atoms. The van der Waals surface area contributed by atoms with Crippen LogP contribution in [0.2, 0.25) is 0 Å². The Morgan fingerprint density at radius 3 is 2.86 bits per heavy atom. The summed E-state index contributed by atoms with van der Waals surface area (Å²) in [6.45, 7) is 2.36. The second kappa shape index (κ2) is 5.15. The summed E-state index contributed by atoms with van der Waals surface area (Å²) in [5.74, 6) is -1.05. The van der Waals surface area contributed by atoms with Crippen molar-refractivity contribution in [2.75, 3.05) is 6.54 Å². The van der Waals surface area contributed by atoms with Gasteiger partial charge in [-0.15, -0.1) is 11.3 Å². The van der Waals surface area contributed by atoms with Crippen molar-refractivity contribution < 1.29 is 14.7 Å². The van der Waals surface area contributed by atoms with Crippen molar-refractivity contribution in [2.24, 2.45) is 0 Å². The SMILES string of the molecule is CCC1(C(=O)O)CCCN1C(=O)c1csc2ccccc12. The zero-order valence-electron chi connectivity index (χ0n) is 11.8. The lowest BCUT2D eigenvalue weighted by molar-refractivity contribution is -0.148. The number of carboxylic acids is 1. The lowest BCUT2D eigenvalue weighted by atomic mass is 9.92. The third kappa shape index (κ3) is 2.03. The normalized spacial score (nSPS) is 21.9. The highest BCUT2D eigenvalue weighted by atomic mass is 32.1. The second-order valence-electron chi connectivity index (χ2n) is 5.40. The predicted octanol–water partition coefficient (Wildman–Crippen LogP) is 3.37. The number of hydrogen-bond donors (Lipinski definition) is 1. The van der Waals surface area contributed by atoms with Crippen LogP contribution in [0.4, 0.5) is 0 Å². The molecule has 1 unspecified atom stereocenters. The molecule has 0 aliphatic carbocycles. The zero-order valence-corrected chi connectivity index (χ0v) is 12.7. The van der Waals surface area contributed by atoms with Gasteiger partial charge in [-0.25, -0.2) is 4.79 Å². The molecule has 0 spiro atoms. The molecular formula is C16H17NO3S. The van der Waals surface area contributed by atoms with Crippen molar-refractivity contribution in [1.29, 1.82) is 0 Å². The molecule has 1 aromatic carbocycles. The summed E-state index contributed by atoms with van der Waals surface area (Å²) >= 11 is 1.52. The Bertz CT molecular complexity index is 708. The molecule has 0 radical (unpaired) electrons. The van der Waals surface area contributed by atoms with E-state index >= 15 is 0 Å². The summed E-state index contributed by atoms with van der Waals surface area (Å²) in [6, 6.07) is 7.74. The third-order valence-corrected chi connectivity index (χ3v) is 5.39. The summed E-state index contributed by atoms with van der Waals surface area (Å²) in [6.07, 6.45) is 1.72. The second-order valence-corrected chi connectivity index (χ2v) is 6.31. The highest BCUT2D eigenvalue weighted by Gasteiger charge is 2.48. The van der Waals surface area contributed by atoms with Crippen molar-refractivity contribution >= 4 is 33.3 Å². The summed E-state index contributed by atoms with van der Waals surface area (Å²) in [5.41, 5.74) is -0.420. The molecule has 1 fully saturated rings. The van der Waals surface area contributed by atoms with Crippen LogP contribution in [-0.2, 0) is 4.79 Å². The van der Waals surface area contributed by atoms with Gasteiger partial charge in [-0.05, 0) is 25.3 Å². The molecule has 5 heteroatoms. The first-order chi connectivity index (χ1) is 10.1. The average Bonchev–Trinajstić information content (AvgIpc) is 3.11. The predicted molar refractivity (Wildman–Crippen MR) is 82.8 cm³/mol. The standard InChI is InChI=1S/C16H17NO3S/c1-2-16(15(19)20)8-5-9-17(16)14(18)12-10-21-13-7-4-3-6-11(12)13/h3-4,6-7,10H,2,5,8-9H2,1H3,(H,19,20). The topological polar surface area (TPSA) is 57.6 Å². The summed E-state index contributed by atoms with van der Waals surface area (Å²) in [4.78, 5) is 26.1. The molecule has 1 atom stereocenters.